The number of aliphatic hydroxyl groups is 1. The minimum atomic E-state index is -0.747. The number of amides is 2. The van der Waals surface area contributed by atoms with E-state index in [4.69, 9.17) is 5.11 Å². The topological polar surface area (TPSA) is 78.4 Å². The van der Waals surface area contributed by atoms with Crippen molar-refractivity contribution in [2.24, 2.45) is 5.92 Å². The molecule has 5 nitrogen and oxygen atoms in total. The van der Waals surface area contributed by atoms with Gasteiger partial charge in [-0.3, -0.25) is 9.59 Å². The number of carbonyl (C=O) groups is 2. The predicted molar refractivity (Wildman–Crippen MR) is 76.7 cm³/mol. The molecule has 1 rings (SSSR count). The number of aliphatic hydroxyl groups excluding tert-OH is 1. The first-order chi connectivity index (χ1) is 9.93. The third kappa shape index (κ3) is 5.91. The van der Waals surface area contributed by atoms with Crippen LogP contribution in [0.15, 0.2) is 24.3 Å². The SMILES string of the molecule is CC(C)C(CCO)NC(=O)C(=O)NCc1ccc(F)cc1. The van der Waals surface area contributed by atoms with Gasteiger partial charge in [-0.15, -0.1) is 0 Å². The fourth-order valence-corrected chi connectivity index (χ4v) is 1.81. The van der Waals surface area contributed by atoms with E-state index in [0.717, 1.165) is 0 Å². The van der Waals surface area contributed by atoms with E-state index in [1.807, 2.05) is 13.8 Å². The van der Waals surface area contributed by atoms with Crippen molar-refractivity contribution in [1.29, 1.82) is 0 Å². The fourth-order valence-electron chi connectivity index (χ4n) is 1.81. The Morgan fingerprint density at radius 1 is 1.19 bits per heavy atom. The molecule has 0 aliphatic heterocycles. The molecule has 3 N–H and O–H groups in total. The van der Waals surface area contributed by atoms with Crippen LogP contribution in [0.3, 0.4) is 0 Å². The lowest BCUT2D eigenvalue weighted by Crippen LogP contribution is -2.46. The molecule has 0 bridgehead atoms. The average molecular weight is 296 g/mol. The highest BCUT2D eigenvalue weighted by atomic mass is 19.1. The first-order valence-corrected chi connectivity index (χ1v) is 6.88. The number of hydrogen-bond donors (Lipinski definition) is 3. The summed E-state index contributed by atoms with van der Waals surface area (Å²) >= 11 is 0. The molecule has 0 fully saturated rings. The van der Waals surface area contributed by atoms with Crippen molar-refractivity contribution in [1.82, 2.24) is 10.6 Å². The standard InChI is InChI=1S/C15H21FN2O3/c1-10(2)13(7-8-19)18-15(21)14(20)17-9-11-3-5-12(16)6-4-11/h3-6,10,13,19H,7-9H2,1-2H3,(H,17,20)(H,18,21). The van der Waals surface area contributed by atoms with Crippen molar-refractivity contribution in [3.8, 4) is 0 Å². The highest BCUT2D eigenvalue weighted by Crippen LogP contribution is 2.05. The van der Waals surface area contributed by atoms with E-state index < -0.39 is 11.8 Å². The predicted octanol–water partition coefficient (Wildman–Crippen LogP) is 0.965. The summed E-state index contributed by atoms with van der Waals surface area (Å²) in [5, 5.41) is 14.0. The lowest BCUT2D eigenvalue weighted by atomic mass is 10.0. The molecular formula is C15H21FN2O3. The van der Waals surface area contributed by atoms with Crippen molar-refractivity contribution in [3.63, 3.8) is 0 Å². The van der Waals surface area contributed by atoms with Gasteiger partial charge in [-0.2, -0.15) is 0 Å². The summed E-state index contributed by atoms with van der Waals surface area (Å²) < 4.78 is 12.7. The van der Waals surface area contributed by atoms with Crippen LogP contribution in [0.5, 0.6) is 0 Å². The molecule has 2 amide bonds. The van der Waals surface area contributed by atoms with E-state index in [2.05, 4.69) is 10.6 Å². The molecule has 116 valence electrons. The molecule has 0 saturated carbocycles. The summed E-state index contributed by atoms with van der Waals surface area (Å²) in [5.74, 6) is -1.72. The molecule has 1 aromatic carbocycles. The van der Waals surface area contributed by atoms with Gasteiger partial charge in [0.25, 0.3) is 0 Å². The zero-order chi connectivity index (χ0) is 15.8. The smallest absolute Gasteiger partial charge is 0.309 e. The molecule has 0 heterocycles. The molecule has 0 saturated heterocycles. The summed E-state index contributed by atoms with van der Waals surface area (Å²) in [6, 6.07) is 5.40. The zero-order valence-electron chi connectivity index (χ0n) is 12.2. The molecule has 1 atom stereocenters. The summed E-state index contributed by atoms with van der Waals surface area (Å²) in [6.45, 7) is 3.90. The van der Waals surface area contributed by atoms with E-state index in [0.29, 0.717) is 12.0 Å². The average Bonchev–Trinajstić information content (AvgIpc) is 2.45. The second-order valence-corrected chi connectivity index (χ2v) is 5.15. The van der Waals surface area contributed by atoms with Crippen molar-refractivity contribution >= 4 is 11.8 Å². The second-order valence-electron chi connectivity index (χ2n) is 5.15. The van der Waals surface area contributed by atoms with Crippen LogP contribution in [-0.2, 0) is 16.1 Å². The second kappa shape index (κ2) is 8.36. The maximum Gasteiger partial charge on any atom is 0.309 e. The van der Waals surface area contributed by atoms with Crippen LogP contribution in [0.2, 0.25) is 0 Å². The summed E-state index contributed by atoms with van der Waals surface area (Å²) in [6.07, 6.45) is 0.397. The lowest BCUT2D eigenvalue weighted by molar-refractivity contribution is -0.140. The molecule has 21 heavy (non-hydrogen) atoms. The number of benzene rings is 1. The van der Waals surface area contributed by atoms with Crippen molar-refractivity contribution in [3.05, 3.63) is 35.6 Å². The zero-order valence-corrected chi connectivity index (χ0v) is 12.2. The lowest BCUT2D eigenvalue weighted by Gasteiger charge is -2.21. The van der Waals surface area contributed by atoms with Crippen LogP contribution in [0.4, 0.5) is 4.39 Å². The minimum Gasteiger partial charge on any atom is -0.396 e. The summed E-state index contributed by atoms with van der Waals surface area (Å²) in [4.78, 5) is 23.4. The fraction of sp³-hybridized carbons (Fsp3) is 0.467. The maximum atomic E-state index is 12.7. The van der Waals surface area contributed by atoms with E-state index in [-0.39, 0.29) is 30.9 Å². The third-order valence-corrected chi connectivity index (χ3v) is 3.13. The monoisotopic (exact) mass is 296 g/mol. The van der Waals surface area contributed by atoms with E-state index >= 15 is 0 Å². The maximum absolute atomic E-state index is 12.7. The van der Waals surface area contributed by atoms with Gasteiger partial charge in [0.1, 0.15) is 5.82 Å². The third-order valence-electron chi connectivity index (χ3n) is 3.13. The molecule has 0 aromatic heterocycles. The van der Waals surface area contributed by atoms with E-state index in [1.165, 1.54) is 24.3 Å². The van der Waals surface area contributed by atoms with Gasteiger partial charge in [0.2, 0.25) is 0 Å². The Balaban J connectivity index is 2.47. The van der Waals surface area contributed by atoms with Crippen LogP contribution in [-0.4, -0.2) is 29.6 Å². The normalized spacial score (nSPS) is 12.0. The minimum absolute atomic E-state index is 0.0552. The summed E-state index contributed by atoms with van der Waals surface area (Å²) in [5.41, 5.74) is 0.702. The Morgan fingerprint density at radius 2 is 1.81 bits per heavy atom. The van der Waals surface area contributed by atoms with Crippen LogP contribution in [0.1, 0.15) is 25.8 Å². The highest BCUT2D eigenvalue weighted by molar-refractivity contribution is 6.35. The number of halogens is 1. The molecule has 1 unspecified atom stereocenters. The Hall–Kier alpha value is -1.95. The molecule has 0 aliphatic rings. The van der Waals surface area contributed by atoms with Crippen LogP contribution >= 0.6 is 0 Å². The number of carbonyl (C=O) groups excluding carboxylic acids is 2. The summed E-state index contributed by atoms with van der Waals surface area (Å²) in [7, 11) is 0. The van der Waals surface area contributed by atoms with Gasteiger partial charge < -0.3 is 15.7 Å². The molecular weight excluding hydrogens is 275 g/mol. The number of hydrogen-bond acceptors (Lipinski definition) is 3. The molecule has 0 radical (unpaired) electrons. The van der Waals surface area contributed by atoms with Gasteiger partial charge in [-0.1, -0.05) is 26.0 Å². The Bertz CT molecular complexity index is 474. The Morgan fingerprint density at radius 3 is 2.33 bits per heavy atom. The van der Waals surface area contributed by atoms with Gasteiger partial charge in [0.15, 0.2) is 0 Å². The quantitative estimate of drug-likeness (QED) is 0.684. The molecule has 0 aliphatic carbocycles. The largest absolute Gasteiger partial charge is 0.396 e. The number of nitrogens with one attached hydrogen (secondary N) is 2. The van der Waals surface area contributed by atoms with Gasteiger partial charge in [0.05, 0.1) is 0 Å². The van der Waals surface area contributed by atoms with Gasteiger partial charge >= 0.3 is 11.8 Å². The molecule has 0 spiro atoms. The number of rotatable bonds is 6. The highest BCUT2D eigenvalue weighted by Gasteiger charge is 2.20. The Kier molecular flexibility index (Phi) is 6.81. The first kappa shape index (κ1) is 17.1. The van der Waals surface area contributed by atoms with Gasteiger partial charge in [0, 0.05) is 19.2 Å². The Labute approximate surface area is 123 Å². The van der Waals surface area contributed by atoms with Crippen LogP contribution in [0, 0.1) is 11.7 Å². The van der Waals surface area contributed by atoms with E-state index in [1.54, 1.807) is 0 Å². The van der Waals surface area contributed by atoms with Gasteiger partial charge in [-0.05, 0) is 30.0 Å². The van der Waals surface area contributed by atoms with Crippen molar-refractivity contribution in [2.75, 3.05) is 6.61 Å². The van der Waals surface area contributed by atoms with Crippen molar-refractivity contribution in [2.45, 2.75) is 32.9 Å². The molecule has 1 aromatic rings. The first-order valence-electron chi connectivity index (χ1n) is 6.88. The van der Waals surface area contributed by atoms with Gasteiger partial charge in [-0.25, -0.2) is 4.39 Å². The molecule has 6 heteroatoms. The van der Waals surface area contributed by atoms with Crippen molar-refractivity contribution < 1.29 is 19.1 Å². The van der Waals surface area contributed by atoms with E-state index in [9.17, 15) is 14.0 Å². The van der Waals surface area contributed by atoms with Crippen LogP contribution in [0.25, 0.3) is 0 Å². The van der Waals surface area contributed by atoms with Crippen LogP contribution < -0.4 is 10.6 Å².